The van der Waals surface area contributed by atoms with Gasteiger partial charge in [0.1, 0.15) is 0 Å². The van der Waals surface area contributed by atoms with Gasteiger partial charge in [0.05, 0.1) is 6.20 Å². The van der Waals surface area contributed by atoms with Crippen LogP contribution in [0.3, 0.4) is 0 Å². The SMILES string of the molecule is Cc1cc(C)cc(Nc2nncc(N3CCN(c4cccc(C)c4C)CC3)n2)c1. The molecule has 6 heteroatoms. The van der Waals surface area contributed by atoms with E-state index in [0.29, 0.717) is 5.95 Å². The van der Waals surface area contributed by atoms with Gasteiger partial charge in [0, 0.05) is 37.6 Å². The Morgan fingerprint density at radius 2 is 1.55 bits per heavy atom. The van der Waals surface area contributed by atoms with Crippen LogP contribution in [-0.2, 0) is 0 Å². The molecule has 2 aromatic carbocycles. The number of nitrogens with zero attached hydrogens (tertiary/aromatic N) is 5. The Balaban J connectivity index is 1.45. The second-order valence-electron chi connectivity index (χ2n) is 7.83. The molecule has 1 fully saturated rings. The second kappa shape index (κ2) is 8.07. The predicted octanol–water partition coefficient (Wildman–Crippen LogP) is 4.18. The van der Waals surface area contributed by atoms with Crippen LogP contribution in [0.15, 0.2) is 42.6 Å². The third-order valence-electron chi connectivity index (χ3n) is 5.54. The normalized spacial score (nSPS) is 14.2. The van der Waals surface area contributed by atoms with E-state index >= 15 is 0 Å². The van der Waals surface area contributed by atoms with E-state index in [1.165, 1.54) is 27.9 Å². The number of hydrogen-bond donors (Lipinski definition) is 1. The largest absolute Gasteiger partial charge is 0.368 e. The van der Waals surface area contributed by atoms with E-state index in [2.05, 4.69) is 89.4 Å². The molecule has 2 heterocycles. The average molecular weight is 389 g/mol. The molecule has 0 radical (unpaired) electrons. The summed E-state index contributed by atoms with van der Waals surface area (Å²) in [5.41, 5.74) is 7.44. The van der Waals surface area contributed by atoms with Crippen LogP contribution in [0, 0.1) is 27.7 Å². The van der Waals surface area contributed by atoms with Crippen LogP contribution in [0.4, 0.5) is 23.1 Å². The number of aromatic nitrogens is 3. The first-order chi connectivity index (χ1) is 14.0. The van der Waals surface area contributed by atoms with Crippen molar-refractivity contribution in [3.05, 3.63) is 64.8 Å². The van der Waals surface area contributed by atoms with Gasteiger partial charge in [-0.25, -0.2) is 0 Å². The van der Waals surface area contributed by atoms with Crippen LogP contribution in [0.2, 0.25) is 0 Å². The third-order valence-corrected chi connectivity index (χ3v) is 5.54. The highest BCUT2D eigenvalue weighted by Gasteiger charge is 2.20. The molecule has 0 unspecified atom stereocenters. The maximum absolute atomic E-state index is 4.70. The Bertz CT molecular complexity index is 988. The Morgan fingerprint density at radius 3 is 2.28 bits per heavy atom. The maximum atomic E-state index is 4.70. The van der Waals surface area contributed by atoms with Crippen LogP contribution >= 0.6 is 0 Å². The number of anilines is 4. The summed E-state index contributed by atoms with van der Waals surface area (Å²) in [5, 5.41) is 11.6. The number of aryl methyl sites for hydroxylation is 3. The minimum atomic E-state index is 0.532. The van der Waals surface area contributed by atoms with E-state index in [4.69, 9.17) is 4.98 Å². The Morgan fingerprint density at radius 1 is 0.862 bits per heavy atom. The van der Waals surface area contributed by atoms with Crippen LogP contribution in [0.5, 0.6) is 0 Å². The smallest absolute Gasteiger partial charge is 0.249 e. The van der Waals surface area contributed by atoms with Crippen molar-refractivity contribution >= 4 is 23.1 Å². The van der Waals surface area contributed by atoms with Gasteiger partial charge in [0.25, 0.3) is 0 Å². The van der Waals surface area contributed by atoms with Crippen molar-refractivity contribution in [3.63, 3.8) is 0 Å². The molecule has 6 nitrogen and oxygen atoms in total. The molecule has 1 aromatic heterocycles. The molecule has 0 spiro atoms. The highest BCUT2D eigenvalue weighted by Crippen LogP contribution is 2.25. The first-order valence-electron chi connectivity index (χ1n) is 10.1. The summed E-state index contributed by atoms with van der Waals surface area (Å²) in [7, 11) is 0. The van der Waals surface area contributed by atoms with Crippen LogP contribution in [-0.4, -0.2) is 41.4 Å². The summed E-state index contributed by atoms with van der Waals surface area (Å²) in [6, 6.07) is 12.9. The van der Waals surface area contributed by atoms with Crippen LogP contribution in [0.25, 0.3) is 0 Å². The quantitative estimate of drug-likeness (QED) is 0.724. The average Bonchev–Trinajstić information content (AvgIpc) is 2.70. The van der Waals surface area contributed by atoms with E-state index in [0.717, 1.165) is 37.7 Å². The Hall–Kier alpha value is -3.15. The third kappa shape index (κ3) is 4.31. The zero-order valence-corrected chi connectivity index (χ0v) is 17.6. The summed E-state index contributed by atoms with van der Waals surface area (Å²) in [5.74, 6) is 1.40. The van der Waals surface area contributed by atoms with E-state index in [1.54, 1.807) is 6.20 Å². The zero-order valence-electron chi connectivity index (χ0n) is 17.6. The minimum absolute atomic E-state index is 0.532. The van der Waals surface area contributed by atoms with Gasteiger partial charge in [-0.3, -0.25) is 0 Å². The fraction of sp³-hybridized carbons (Fsp3) is 0.348. The molecule has 1 aliphatic heterocycles. The lowest BCUT2D eigenvalue weighted by Gasteiger charge is -2.37. The number of piperazine rings is 1. The fourth-order valence-electron chi connectivity index (χ4n) is 3.93. The molecule has 3 aromatic rings. The second-order valence-corrected chi connectivity index (χ2v) is 7.83. The molecule has 1 aliphatic rings. The zero-order chi connectivity index (χ0) is 20.4. The minimum Gasteiger partial charge on any atom is -0.368 e. The highest BCUT2D eigenvalue weighted by molar-refractivity contribution is 5.59. The van der Waals surface area contributed by atoms with Gasteiger partial charge in [-0.05, 0) is 68.1 Å². The molecular weight excluding hydrogens is 360 g/mol. The lowest BCUT2D eigenvalue weighted by Crippen LogP contribution is -2.47. The van der Waals surface area contributed by atoms with Crippen molar-refractivity contribution in [2.45, 2.75) is 27.7 Å². The van der Waals surface area contributed by atoms with Crippen molar-refractivity contribution in [1.82, 2.24) is 15.2 Å². The van der Waals surface area contributed by atoms with Gasteiger partial charge >= 0.3 is 0 Å². The molecule has 1 N–H and O–H groups in total. The number of nitrogens with one attached hydrogen (secondary N) is 1. The maximum Gasteiger partial charge on any atom is 0.249 e. The van der Waals surface area contributed by atoms with Crippen molar-refractivity contribution in [2.75, 3.05) is 41.3 Å². The van der Waals surface area contributed by atoms with Gasteiger partial charge in [0.15, 0.2) is 5.82 Å². The van der Waals surface area contributed by atoms with Gasteiger partial charge in [0.2, 0.25) is 5.95 Å². The highest BCUT2D eigenvalue weighted by atomic mass is 15.3. The van der Waals surface area contributed by atoms with Crippen LogP contribution in [0.1, 0.15) is 22.3 Å². The lowest BCUT2D eigenvalue weighted by atomic mass is 10.1. The summed E-state index contributed by atoms with van der Waals surface area (Å²) in [6.07, 6.45) is 1.75. The molecule has 0 amide bonds. The van der Waals surface area contributed by atoms with E-state index in [-0.39, 0.29) is 0 Å². The molecule has 150 valence electrons. The Kier molecular flexibility index (Phi) is 5.34. The molecule has 0 atom stereocenters. The molecule has 0 bridgehead atoms. The van der Waals surface area contributed by atoms with Gasteiger partial charge < -0.3 is 15.1 Å². The van der Waals surface area contributed by atoms with E-state index in [9.17, 15) is 0 Å². The predicted molar refractivity (Wildman–Crippen MR) is 119 cm³/mol. The summed E-state index contributed by atoms with van der Waals surface area (Å²) in [6.45, 7) is 12.3. The summed E-state index contributed by atoms with van der Waals surface area (Å²) >= 11 is 0. The topological polar surface area (TPSA) is 57.2 Å². The number of benzene rings is 2. The monoisotopic (exact) mass is 388 g/mol. The van der Waals surface area contributed by atoms with Gasteiger partial charge in [-0.15, -0.1) is 5.10 Å². The van der Waals surface area contributed by atoms with Crippen molar-refractivity contribution < 1.29 is 0 Å². The van der Waals surface area contributed by atoms with Gasteiger partial charge in [-0.1, -0.05) is 18.2 Å². The van der Waals surface area contributed by atoms with Crippen LogP contribution < -0.4 is 15.1 Å². The molecule has 4 rings (SSSR count). The molecule has 0 aliphatic carbocycles. The van der Waals surface area contributed by atoms with Crippen molar-refractivity contribution in [3.8, 4) is 0 Å². The van der Waals surface area contributed by atoms with Gasteiger partial charge in [-0.2, -0.15) is 10.1 Å². The summed E-state index contributed by atoms with van der Waals surface area (Å²) in [4.78, 5) is 9.44. The first-order valence-corrected chi connectivity index (χ1v) is 10.1. The number of rotatable bonds is 4. The fourth-order valence-corrected chi connectivity index (χ4v) is 3.93. The van der Waals surface area contributed by atoms with E-state index in [1.807, 2.05) is 0 Å². The van der Waals surface area contributed by atoms with Crippen molar-refractivity contribution in [1.29, 1.82) is 0 Å². The molecule has 29 heavy (non-hydrogen) atoms. The lowest BCUT2D eigenvalue weighted by molar-refractivity contribution is 0.643. The molecular formula is C23H28N6. The standard InChI is InChI=1S/C23H28N6/c1-16-12-17(2)14-20(13-16)25-23-26-22(15-24-27-23)29-10-8-28(9-11-29)21-7-5-6-18(3)19(21)4/h5-7,12-15H,8-11H2,1-4H3,(H,25,26,27). The Labute approximate surface area is 172 Å². The van der Waals surface area contributed by atoms with Crippen molar-refractivity contribution in [2.24, 2.45) is 0 Å². The number of hydrogen-bond acceptors (Lipinski definition) is 6. The summed E-state index contributed by atoms with van der Waals surface area (Å²) < 4.78 is 0. The first kappa shape index (κ1) is 19.2. The molecule has 0 saturated carbocycles. The molecule has 1 saturated heterocycles. The van der Waals surface area contributed by atoms with E-state index < -0.39 is 0 Å².